The van der Waals surface area contributed by atoms with Crippen molar-refractivity contribution in [1.82, 2.24) is 0 Å². The van der Waals surface area contributed by atoms with Crippen LogP contribution in [0.3, 0.4) is 0 Å². The lowest BCUT2D eigenvalue weighted by Gasteiger charge is -2.38. The van der Waals surface area contributed by atoms with Crippen LogP contribution < -0.4 is 5.32 Å². The van der Waals surface area contributed by atoms with Crippen LogP contribution in [0.1, 0.15) is 35.1 Å². The maximum atomic E-state index is 6.57. The molecule has 0 bridgehead atoms. The highest BCUT2D eigenvalue weighted by atomic mass is 35.5. The largest absolute Gasteiger partial charge is 0.378 e. The maximum absolute atomic E-state index is 6.57. The second-order valence-corrected chi connectivity index (χ2v) is 9.48. The van der Waals surface area contributed by atoms with Crippen molar-refractivity contribution in [2.24, 2.45) is 5.92 Å². The Kier molecular flexibility index (Phi) is 5.34. The first kappa shape index (κ1) is 19.1. The molecule has 0 aromatic heterocycles. The lowest BCUT2D eigenvalue weighted by Crippen LogP contribution is -2.29. The van der Waals surface area contributed by atoms with Gasteiger partial charge in [-0.2, -0.15) is 0 Å². The molecule has 0 saturated carbocycles. The number of hydrogen-bond acceptors (Lipinski definition) is 2. The van der Waals surface area contributed by atoms with E-state index in [0.29, 0.717) is 21.9 Å². The Balaban J connectivity index is 1.44. The molecular weight excluding hydrogens is 417 g/mol. The average molecular weight is 438 g/mol. The molecule has 0 saturated heterocycles. The van der Waals surface area contributed by atoms with Gasteiger partial charge >= 0.3 is 0 Å². The van der Waals surface area contributed by atoms with Gasteiger partial charge in [0, 0.05) is 22.3 Å². The van der Waals surface area contributed by atoms with E-state index >= 15 is 0 Å². The molecule has 0 unspecified atom stereocenters. The molecule has 1 nitrogen and oxygen atoms in total. The van der Waals surface area contributed by atoms with Gasteiger partial charge in [0.1, 0.15) is 0 Å². The lowest BCUT2D eigenvalue weighted by molar-refractivity contribution is 0.425. The van der Waals surface area contributed by atoms with Crippen LogP contribution in [0.2, 0.25) is 10.0 Å². The molecule has 1 aliphatic carbocycles. The first-order valence-corrected chi connectivity index (χ1v) is 11.6. The van der Waals surface area contributed by atoms with E-state index in [1.54, 1.807) is 0 Å². The molecule has 0 radical (unpaired) electrons. The minimum absolute atomic E-state index is 0.165. The van der Waals surface area contributed by atoms with Crippen LogP contribution in [0.4, 0.5) is 5.69 Å². The van der Waals surface area contributed by atoms with Crippen molar-refractivity contribution >= 4 is 40.7 Å². The smallest absolute Gasteiger partial charge is 0.0645 e. The lowest BCUT2D eigenvalue weighted by atomic mass is 9.76. The normalized spacial score (nSPS) is 22.1. The van der Waals surface area contributed by atoms with Crippen molar-refractivity contribution < 1.29 is 0 Å². The number of thioether (sulfide) groups is 1. The summed E-state index contributed by atoms with van der Waals surface area (Å²) >= 11 is 14.8. The van der Waals surface area contributed by atoms with Gasteiger partial charge in [0.15, 0.2) is 0 Å². The van der Waals surface area contributed by atoms with E-state index in [9.17, 15) is 0 Å². The van der Waals surface area contributed by atoms with Crippen LogP contribution in [0.15, 0.2) is 83.8 Å². The molecule has 3 aromatic carbocycles. The monoisotopic (exact) mass is 437 g/mol. The average Bonchev–Trinajstić information content (AvgIpc) is 3.25. The van der Waals surface area contributed by atoms with Gasteiger partial charge in [-0.1, -0.05) is 77.8 Å². The highest BCUT2D eigenvalue weighted by molar-refractivity contribution is 7.98. The number of fused-ring (bicyclic) bond motifs is 3. The second kappa shape index (κ2) is 8.10. The molecule has 1 aliphatic heterocycles. The number of anilines is 1. The molecule has 1 N–H and O–H groups in total. The second-order valence-electron chi connectivity index (χ2n) is 7.64. The number of hydrogen-bond donors (Lipinski definition) is 1. The summed E-state index contributed by atoms with van der Waals surface area (Å²) in [4.78, 5) is 1.30. The summed E-state index contributed by atoms with van der Waals surface area (Å²) in [6.45, 7) is 0. The number of allylic oxidation sites excluding steroid dienone is 2. The highest BCUT2D eigenvalue weighted by Gasteiger charge is 2.38. The van der Waals surface area contributed by atoms with Gasteiger partial charge in [-0.05, 0) is 53.3 Å². The fourth-order valence-corrected chi connectivity index (χ4v) is 5.77. The van der Waals surface area contributed by atoms with Gasteiger partial charge in [0.05, 0.1) is 16.1 Å². The van der Waals surface area contributed by atoms with Gasteiger partial charge in [-0.15, -0.1) is 11.8 Å². The van der Waals surface area contributed by atoms with Crippen LogP contribution >= 0.6 is 35.0 Å². The minimum Gasteiger partial charge on any atom is -0.378 e. The predicted molar refractivity (Wildman–Crippen MR) is 125 cm³/mol. The maximum Gasteiger partial charge on any atom is 0.0645 e. The molecule has 4 heteroatoms. The Hall–Kier alpha value is -1.87. The van der Waals surface area contributed by atoms with E-state index in [1.807, 2.05) is 23.9 Å². The highest BCUT2D eigenvalue weighted by Crippen LogP contribution is 2.51. The van der Waals surface area contributed by atoms with Gasteiger partial charge in [0.2, 0.25) is 0 Å². The van der Waals surface area contributed by atoms with Crippen molar-refractivity contribution in [3.8, 4) is 0 Å². The van der Waals surface area contributed by atoms with Gasteiger partial charge in [-0.25, -0.2) is 0 Å². The van der Waals surface area contributed by atoms with Crippen LogP contribution in [0.5, 0.6) is 0 Å². The number of nitrogens with one attached hydrogen (secondary N) is 1. The van der Waals surface area contributed by atoms with Crippen LogP contribution in [0.25, 0.3) is 0 Å². The Bertz CT molecular complexity index is 1060. The van der Waals surface area contributed by atoms with Crippen LogP contribution in [0, 0.1) is 5.92 Å². The Morgan fingerprint density at radius 2 is 1.79 bits per heavy atom. The number of rotatable bonds is 4. The third kappa shape index (κ3) is 3.70. The van der Waals surface area contributed by atoms with E-state index in [0.717, 1.165) is 17.7 Å². The third-order valence-corrected chi connectivity index (χ3v) is 7.81. The van der Waals surface area contributed by atoms with Crippen molar-refractivity contribution in [2.75, 3.05) is 5.32 Å². The summed E-state index contributed by atoms with van der Waals surface area (Å²) < 4.78 is 0. The van der Waals surface area contributed by atoms with Crippen molar-refractivity contribution in [2.45, 2.75) is 29.0 Å². The molecule has 3 atom stereocenters. The summed E-state index contributed by atoms with van der Waals surface area (Å²) in [5, 5.41) is 5.05. The zero-order valence-electron chi connectivity index (χ0n) is 15.8. The van der Waals surface area contributed by atoms with Crippen LogP contribution in [-0.2, 0) is 5.75 Å². The van der Waals surface area contributed by atoms with Gasteiger partial charge in [-0.3, -0.25) is 0 Å². The first-order valence-electron chi connectivity index (χ1n) is 9.88. The molecule has 0 fully saturated rings. The Labute approximate surface area is 186 Å². The zero-order chi connectivity index (χ0) is 19.8. The molecule has 146 valence electrons. The zero-order valence-corrected chi connectivity index (χ0v) is 18.1. The summed E-state index contributed by atoms with van der Waals surface area (Å²) in [5.41, 5.74) is 5.04. The quantitative estimate of drug-likeness (QED) is 0.326. The molecule has 29 heavy (non-hydrogen) atoms. The van der Waals surface area contributed by atoms with Crippen molar-refractivity contribution in [3.63, 3.8) is 0 Å². The van der Waals surface area contributed by atoms with E-state index in [4.69, 9.17) is 23.2 Å². The minimum atomic E-state index is 0.165. The predicted octanol–water partition coefficient (Wildman–Crippen LogP) is 8.11. The van der Waals surface area contributed by atoms with Gasteiger partial charge < -0.3 is 5.32 Å². The molecule has 2 aliphatic rings. The van der Waals surface area contributed by atoms with Gasteiger partial charge in [0.25, 0.3) is 0 Å². The molecule has 0 spiro atoms. The topological polar surface area (TPSA) is 12.0 Å². The van der Waals surface area contributed by atoms with Crippen LogP contribution in [-0.4, -0.2) is 0 Å². The fraction of sp³-hybridized carbons (Fsp3) is 0.200. The summed E-state index contributed by atoms with van der Waals surface area (Å²) in [7, 11) is 0. The van der Waals surface area contributed by atoms with E-state index in [2.05, 4.69) is 72.1 Å². The third-order valence-electron chi connectivity index (χ3n) is 5.89. The molecule has 1 heterocycles. The standard InChI is InChI=1S/C25H21Cl2NS/c26-22-11-5-10-20(24(22)27)25-19-9-4-8-18(19)21-14-16(12-13-23(21)28-25)15-29-17-6-2-1-3-7-17/h1-8,10-14,18-19,25,28H,9,15H2/t18-,19+,25+/m0/s1. The molecule has 5 rings (SSSR count). The molecule has 3 aromatic rings. The van der Waals surface area contributed by atoms with Crippen molar-refractivity contribution in [1.29, 1.82) is 0 Å². The number of benzene rings is 3. The summed E-state index contributed by atoms with van der Waals surface area (Å²) in [5.74, 6) is 1.84. The Morgan fingerprint density at radius 1 is 0.931 bits per heavy atom. The Morgan fingerprint density at radius 3 is 2.66 bits per heavy atom. The summed E-state index contributed by atoms with van der Waals surface area (Å²) in [6, 6.07) is 23.5. The number of halogens is 2. The SMILES string of the molecule is Clc1cccc([C@@H]2Nc3ccc(CSc4ccccc4)cc3[C@H]3C=CC[C@H]32)c1Cl. The molecular formula is C25H21Cl2NS. The fourth-order valence-electron chi connectivity index (χ4n) is 4.49. The first-order chi connectivity index (χ1) is 14.2. The van der Waals surface area contributed by atoms with E-state index < -0.39 is 0 Å². The van der Waals surface area contributed by atoms with Crippen molar-refractivity contribution in [3.05, 3.63) is 106 Å². The van der Waals surface area contributed by atoms with E-state index in [1.165, 1.54) is 21.7 Å². The van der Waals surface area contributed by atoms with E-state index in [-0.39, 0.29) is 6.04 Å². The summed E-state index contributed by atoms with van der Waals surface area (Å²) in [6.07, 6.45) is 5.72. The molecule has 0 amide bonds.